The number of carboxylic acid groups (broad SMARTS) is 2. The highest BCUT2D eigenvalue weighted by molar-refractivity contribution is 5.95. The standard InChI is InChI=1S/C16H21N3O3.C2HF3O2/c1-16(2,14(20)21)11-3-5-12(6-4-11)19-10-13-9-17-7-8-18(13)15(19)22;3-2(4,5)1(6)7/h3-6,13,17H,7-10H2,1-2H3,(H,20,21);(H,6,7)/t13-;/m0./s1. The van der Waals surface area contributed by atoms with Gasteiger partial charge in [0.2, 0.25) is 0 Å². The lowest BCUT2D eigenvalue weighted by Crippen LogP contribution is -2.49. The van der Waals surface area contributed by atoms with E-state index >= 15 is 0 Å². The number of rotatable bonds is 3. The number of hydrogen-bond acceptors (Lipinski definition) is 4. The molecule has 0 unspecified atom stereocenters. The summed E-state index contributed by atoms with van der Waals surface area (Å²) in [6, 6.07) is 7.53. The monoisotopic (exact) mass is 417 g/mol. The van der Waals surface area contributed by atoms with Gasteiger partial charge in [-0.3, -0.25) is 9.69 Å². The maximum Gasteiger partial charge on any atom is 0.490 e. The zero-order chi connectivity index (χ0) is 22.0. The van der Waals surface area contributed by atoms with Crippen LogP contribution in [-0.4, -0.2) is 71.5 Å². The van der Waals surface area contributed by atoms with Crippen LogP contribution in [0.15, 0.2) is 24.3 Å². The number of hydrogen-bond donors (Lipinski definition) is 3. The van der Waals surface area contributed by atoms with Crippen molar-refractivity contribution in [1.82, 2.24) is 10.2 Å². The molecule has 2 fully saturated rings. The Morgan fingerprint density at radius 1 is 1.10 bits per heavy atom. The van der Waals surface area contributed by atoms with E-state index in [1.54, 1.807) is 30.9 Å². The minimum absolute atomic E-state index is 0.0387. The summed E-state index contributed by atoms with van der Waals surface area (Å²) in [5, 5.41) is 19.7. The molecule has 2 heterocycles. The molecule has 2 saturated heterocycles. The molecule has 0 bridgehead atoms. The number of nitrogens with zero attached hydrogens (tertiary/aromatic N) is 2. The fourth-order valence-electron chi connectivity index (χ4n) is 3.02. The van der Waals surface area contributed by atoms with Crippen molar-refractivity contribution in [3.63, 3.8) is 0 Å². The number of carbonyl (C=O) groups excluding carboxylic acids is 1. The van der Waals surface area contributed by atoms with Crippen molar-refractivity contribution < 1.29 is 37.8 Å². The summed E-state index contributed by atoms with van der Waals surface area (Å²) >= 11 is 0. The van der Waals surface area contributed by atoms with Crippen molar-refractivity contribution >= 4 is 23.7 Å². The number of alkyl halides is 3. The summed E-state index contributed by atoms with van der Waals surface area (Å²) in [7, 11) is 0. The first-order valence-electron chi connectivity index (χ1n) is 8.78. The molecule has 160 valence electrons. The zero-order valence-corrected chi connectivity index (χ0v) is 15.9. The van der Waals surface area contributed by atoms with Gasteiger partial charge in [0, 0.05) is 31.9 Å². The van der Waals surface area contributed by atoms with E-state index in [-0.39, 0.29) is 12.1 Å². The summed E-state index contributed by atoms with van der Waals surface area (Å²) in [6.45, 7) is 6.43. The van der Waals surface area contributed by atoms with E-state index in [0.717, 1.165) is 30.9 Å². The van der Waals surface area contributed by atoms with Crippen LogP contribution in [0.25, 0.3) is 0 Å². The Hall–Kier alpha value is -2.82. The molecule has 0 aromatic heterocycles. The predicted molar refractivity (Wildman–Crippen MR) is 96.9 cm³/mol. The Morgan fingerprint density at radius 3 is 2.10 bits per heavy atom. The Balaban J connectivity index is 0.000000370. The minimum atomic E-state index is -5.08. The Kier molecular flexibility index (Phi) is 6.41. The molecule has 1 aromatic carbocycles. The number of nitrogens with one attached hydrogen (secondary N) is 1. The lowest BCUT2D eigenvalue weighted by atomic mass is 9.85. The van der Waals surface area contributed by atoms with E-state index < -0.39 is 23.5 Å². The molecule has 3 N–H and O–H groups in total. The van der Waals surface area contributed by atoms with E-state index in [9.17, 15) is 27.9 Å². The highest BCUT2D eigenvalue weighted by Crippen LogP contribution is 2.29. The van der Waals surface area contributed by atoms with Gasteiger partial charge in [0.05, 0.1) is 11.5 Å². The van der Waals surface area contributed by atoms with Crippen LogP contribution in [-0.2, 0) is 15.0 Å². The second kappa shape index (κ2) is 8.27. The Bertz CT molecular complexity index is 780. The number of aliphatic carboxylic acids is 2. The van der Waals surface area contributed by atoms with Crippen LogP contribution >= 0.6 is 0 Å². The van der Waals surface area contributed by atoms with E-state index in [0.29, 0.717) is 6.54 Å². The quantitative estimate of drug-likeness (QED) is 0.693. The highest BCUT2D eigenvalue weighted by atomic mass is 19.4. The van der Waals surface area contributed by atoms with Crippen molar-refractivity contribution in [2.45, 2.75) is 31.5 Å². The van der Waals surface area contributed by atoms with Gasteiger partial charge in [-0.25, -0.2) is 9.59 Å². The van der Waals surface area contributed by atoms with Crippen LogP contribution in [0.3, 0.4) is 0 Å². The van der Waals surface area contributed by atoms with Gasteiger partial charge in [0.15, 0.2) is 0 Å². The number of anilines is 1. The number of carboxylic acids is 2. The third kappa shape index (κ3) is 4.97. The predicted octanol–water partition coefficient (Wildman–Crippen LogP) is 1.90. The third-order valence-electron chi connectivity index (χ3n) is 4.90. The summed E-state index contributed by atoms with van der Waals surface area (Å²) in [5.41, 5.74) is 0.619. The van der Waals surface area contributed by atoms with Crippen molar-refractivity contribution in [2.75, 3.05) is 31.1 Å². The van der Waals surface area contributed by atoms with Crippen LogP contribution in [0, 0.1) is 0 Å². The van der Waals surface area contributed by atoms with Gasteiger partial charge in [0.25, 0.3) is 0 Å². The molecule has 2 aliphatic heterocycles. The van der Waals surface area contributed by atoms with Crippen molar-refractivity contribution in [3.05, 3.63) is 29.8 Å². The van der Waals surface area contributed by atoms with Gasteiger partial charge in [0.1, 0.15) is 0 Å². The highest BCUT2D eigenvalue weighted by Gasteiger charge is 2.39. The molecule has 0 radical (unpaired) electrons. The Labute approximate surface area is 164 Å². The maximum atomic E-state index is 12.5. The number of benzene rings is 1. The topological polar surface area (TPSA) is 110 Å². The van der Waals surface area contributed by atoms with Crippen molar-refractivity contribution in [3.8, 4) is 0 Å². The van der Waals surface area contributed by atoms with Gasteiger partial charge < -0.3 is 20.4 Å². The first-order valence-corrected chi connectivity index (χ1v) is 8.78. The van der Waals surface area contributed by atoms with E-state index in [2.05, 4.69) is 5.32 Å². The molecule has 1 atom stereocenters. The molecule has 0 aliphatic carbocycles. The minimum Gasteiger partial charge on any atom is -0.481 e. The second-order valence-corrected chi connectivity index (χ2v) is 7.22. The molecule has 1 aromatic rings. The third-order valence-corrected chi connectivity index (χ3v) is 4.90. The number of halogens is 3. The van der Waals surface area contributed by atoms with Crippen LogP contribution in [0.4, 0.5) is 23.7 Å². The average Bonchev–Trinajstić information content (AvgIpc) is 2.98. The molecule has 2 aliphatic rings. The smallest absolute Gasteiger partial charge is 0.481 e. The Morgan fingerprint density at radius 2 is 1.66 bits per heavy atom. The summed E-state index contributed by atoms with van der Waals surface area (Å²) in [5.74, 6) is -3.62. The molecule has 8 nitrogen and oxygen atoms in total. The summed E-state index contributed by atoms with van der Waals surface area (Å²) in [6.07, 6.45) is -5.08. The molecule has 11 heteroatoms. The molecular weight excluding hydrogens is 395 g/mol. The SMILES string of the molecule is CC(C)(C(=O)O)c1ccc(N2C[C@@H]3CNCCN3C2=O)cc1.O=C(O)C(F)(F)F. The molecule has 2 amide bonds. The van der Waals surface area contributed by atoms with Gasteiger partial charge in [-0.1, -0.05) is 12.1 Å². The largest absolute Gasteiger partial charge is 0.490 e. The first-order chi connectivity index (χ1) is 13.4. The lowest BCUT2D eigenvalue weighted by Gasteiger charge is -2.28. The first kappa shape index (κ1) is 22.5. The number of urea groups is 1. The molecule has 29 heavy (non-hydrogen) atoms. The number of amides is 2. The summed E-state index contributed by atoms with van der Waals surface area (Å²) < 4.78 is 31.7. The lowest BCUT2D eigenvalue weighted by molar-refractivity contribution is -0.192. The van der Waals surface area contributed by atoms with Crippen molar-refractivity contribution in [2.24, 2.45) is 0 Å². The average molecular weight is 417 g/mol. The normalized spacial score (nSPS) is 19.3. The fraction of sp³-hybridized carbons (Fsp3) is 0.500. The van der Waals surface area contributed by atoms with E-state index in [1.165, 1.54) is 0 Å². The van der Waals surface area contributed by atoms with E-state index in [1.807, 2.05) is 17.0 Å². The van der Waals surface area contributed by atoms with Crippen LogP contribution < -0.4 is 10.2 Å². The van der Waals surface area contributed by atoms with Gasteiger partial charge in [-0.15, -0.1) is 0 Å². The molecule has 0 saturated carbocycles. The van der Waals surface area contributed by atoms with Gasteiger partial charge >= 0.3 is 24.1 Å². The van der Waals surface area contributed by atoms with Crippen LogP contribution in [0.1, 0.15) is 19.4 Å². The number of fused-ring (bicyclic) bond motifs is 1. The second-order valence-electron chi connectivity index (χ2n) is 7.22. The summed E-state index contributed by atoms with van der Waals surface area (Å²) in [4.78, 5) is 36.3. The van der Waals surface area contributed by atoms with Gasteiger partial charge in [-0.05, 0) is 31.5 Å². The molecule has 3 rings (SSSR count). The van der Waals surface area contributed by atoms with Crippen molar-refractivity contribution in [1.29, 1.82) is 0 Å². The van der Waals surface area contributed by atoms with E-state index in [4.69, 9.17) is 9.90 Å². The zero-order valence-electron chi connectivity index (χ0n) is 15.9. The van der Waals surface area contributed by atoms with Crippen LogP contribution in [0.2, 0.25) is 0 Å². The fourth-order valence-corrected chi connectivity index (χ4v) is 3.02. The van der Waals surface area contributed by atoms with Crippen LogP contribution in [0.5, 0.6) is 0 Å². The molecular formula is C18H22F3N3O5. The maximum absolute atomic E-state index is 12.5. The molecule has 0 spiro atoms. The number of piperazine rings is 1. The van der Waals surface area contributed by atoms with Gasteiger partial charge in [-0.2, -0.15) is 13.2 Å². The number of carbonyl (C=O) groups is 3.